The zero-order valence-corrected chi connectivity index (χ0v) is 13.9. The van der Waals surface area contributed by atoms with Gasteiger partial charge in [0.25, 0.3) is 0 Å². The molecule has 3 nitrogen and oxygen atoms in total. The lowest BCUT2D eigenvalue weighted by atomic mass is 10.0. The molecule has 0 aromatic carbocycles. The molecule has 1 aromatic heterocycles. The first-order valence-electron chi connectivity index (χ1n) is 7.40. The third-order valence-electron chi connectivity index (χ3n) is 3.88. The molecule has 0 bridgehead atoms. The molecule has 2 rings (SSSR count). The fourth-order valence-corrected chi connectivity index (χ4v) is 3.65. The second-order valence-corrected chi connectivity index (χ2v) is 7.40. The van der Waals surface area contributed by atoms with Gasteiger partial charge in [0.1, 0.15) is 0 Å². The van der Waals surface area contributed by atoms with Crippen molar-refractivity contribution in [2.24, 2.45) is 11.7 Å². The molecule has 1 aliphatic rings. The number of likely N-dealkylation sites (N-methyl/N-ethyl adjacent to an activating group) is 1. The fourth-order valence-electron chi connectivity index (χ4n) is 2.35. The maximum Gasteiger partial charge on any atom is 0.0931 e. The van der Waals surface area contributed by atoms with Crippen LogP contribution in [0.5, 0.6) is 0 Å². The highest BCUT2D eigenvalue weighted by Crippen LogP contribution is 2.32. The smallest absolute Gasteiger partial charge is 0.0931 e. The van der Waals surface area contributed by atoms with Crippen LogP contribution in [0, 0.1) is 5.92 Å². The molecule has 1 aliphatic carbocycles. The van der Waals surface area contributed by atoms with Gasteiger partial charge in [-0.2, -0.15) is 0 Å². The van der Waals surface area contributed by atoms with E-state index in [1.165, 1.54) is 17.7 Å². The molecule has 1 saturated carbocycles. The van der Waals surface area contributed by atoms with Gasteiger partial charge in [-0.05, 0) is 44.4 Å². The first-order chi connectivity index (χ1) is 9.61. The minimum atomic E-state index is 0.123. The molecule has 0 amide bonds. The Labute approximate surface area is 131 Å². The summed E-state index contributed by atoms with van der Waals surface area (Å²) in [7, 11) is 2.12. The molecular weight excluding hydrogens is 292 g/mol. The van der Waals surface area contributed by atoms with Crippen LogP contribution in [0.25, 0.3) is 0 Å². The zero-order chi connectivity index (χ0) is 14.5. The number of hydrogen-bond acceptors (Lipinski definition) is 4. The van der Waals surface area contributed by atoms with E-state index in [0.717, 1.165) is 36.4 Å². The predicted molar refractivity (Wildman–Crippen MR) is 86.5 cm³/mol. The quantitative estimate of drug-likeness (QED) is 0.708. The number of thiophene rings is 1. The van der Waals surface area contributed by atoms with Crippen LogP contribution in [0.4, 0.5) is 0 Å². The molecule has 2 atom stereocenters. The number of halogens is 1. The van der Waals surface area contributed by atoms with E-state index in [2.05, 4.69) is 24.9 Å². The van der Waals surface area contributed by atoms with Gasteiger partial charge in [0.15, 0.2) is 0 Å². The summed E-state index contributed by atoms with van der Waals surface area (Å²) in [5, 5.41) is 0. The van der Waals surface area contributed by atoms with Crippen LogP contribution < -0.4 is 5.73 Å². The second-order valence-electron chi connectivity index (χ2n) is 5.66. The van der Waals surface area contributed by atoms with Gasteiger partial charge >= 0.3 is 0 Å². The average molecular weight is 317 g/mol. The SMILES string of the molecule is CCC(N)C(c1ccc(Cl)s1)N(C)CCOCC1CC1. The molecular formula is C15H25ClN2OS. The Hall–Kier alpha value is -0.130. The molecule has 20 heavy (non-hydrogen) atoms. The van der Waals surface area contributed by atoms with Crippen LogP contribution in [0.15, 0.2) is 12.1 Å². The van der Waals surface area contributed by atoms with Gasteiger partial charge in [-0.15, -0.1) is 11.3 Å². The lowest BCUT2D eigenvalue weighted by molar-refractivity contribution is 0.0868. The molecule has 0 radical (unpaired) electrons. The normalized spacial score (nSPS) is 18.4. The van der Waals surface area contributed by atoms with Crippen LogP contribution in [-0.4, -0.2) is 37.7 Å². The lowest BCUT2D eigenvalue weighted by Crippen LogP contribution is -2.39. The summed E-state index contributed by atoms with van der Waals surface area (Å²) in [6.45, 7) is 4.73. The summed E-state index contributed by atoms with van der Waals surface area (Å²) in [6.07, 6.45) is 3.63. The number of nitrogens with two attached hydrogens (primary N) is 1. The topological polar surface area (TPSA) is 38.5 Å². The molecule has 0 spiro atoms. The summed E-state index contributed by atoms with van der Waals surface area (Å²) in [4.78, 5) is 3.54. The number of rotatable bonds is 9. The van der Waals surface area contributed by atoms with Crippen molar-refractivity contribution < 1.29 is 4.74 Å². The highest BCUT2D eigenvalue weighted by molar-refractivity contribution is 7.16. The van der Waals surface area contributed by atoms with Gasteiger partial charge in [0.05, 0.1) is 17.0 Å². The van der Waals surface area contributed by atoms with Crippen molar-refractivity contribution >= 4 is 22.9 Å². The van der Waals surface area contributed by atoms with Crippen LogP contribution in [0.3, 0.4) is 0 Å². The van der Waals surface area contributed by atoms with Gasteiger partial charge in [0, 0.05) is 24.1 Å². The molecule has 1 heterocycles. The van der Waals surface area contributed by atoms with Gasteiger partial charge < -0.3 is 10.5 Å². The van der Waals surface area contributed by atoms with Crippen molar-refractivity contribution in [3.8, 4) is 0 Å². The molecule has 2 unspecified atom stereocenters. The maximum absolute atomic E-state index is 6.30. The molecule has 0 aliphatic heterocycles. The Kier molecular flexibility index (Phi) is 6.30. The number of hydrogen-bond donors (Lipinski definition) is 1. The number of ether oxygens (including phenoxy) is 1. The van der Waals surface area contributed by atoms with Crippen molar-refractivity contribution in [3.05, 3.63) is 21.3 Å². The van der Waals surface area contributed by atoms with Crippen molar-refractivity contribution in [3.63, 3.8) is 0 Å². The fraction of sp³-hybridized carbons (Fsp3) is 0.733. The van der Waals surface area contributed by atoms with E-state index < -0.39 is 0 Å². The van der Waals surface area contributed by atoms with Crippen molar-refractivity contribution in [1.29, 1.82) is 0 Å². The summed E-state index contributed by atoms with van der Waals surface area (Å²) >= 11 is 7.69. The third kappa shape index (κ3) is 4.71. The highest BCUT2D eigenvalue weighted by atomic mass is 35.5. The van der Waals surface area contributed by atoms with Crippen molar-refractivity contribution in [2.45, 2.75) is 38.3 Å². The van der Waals surface area contributed by atoms with Gasteiger partial charge in [-0.25, -0.2) is 0 Å². The summed E-state index contributed by atoms with van der Waals surface area (Å²) in [6, 6.07) is 4.39. The molecule has 114 valence electrons. The summed E-state index contributed by atoms with van der Waals surface area (Å²) < 4.78 is 6.55. The predicted octanol–water partition coefficient (Wildman–Crippen LogP) is 3.54. The summed E-state index contributed by atoms with van der Waals surface area (Å²) in [5.41, 5.74) is 6.30. The average Bonchev–Trinajstić information content (AvgIpc) is 3.16. The Balaban J connectivity index is 1.87. The van der Waals surface area contributed by atoms with Crippen LogP contribution in [-0.2, 0) is 4.74 Å². The van der Waals surface area contributed by atoms with E-state index in [1.807, 2.05) is 6.07 Å². The monoisotopic (exact) mass is 316 g/mol. The van der Waals surface area contributed by atoms with E-state index >= 15 is 0 Å². The number of nitrogens with zero attached hydrogens (tertiary/aromatic N) is 1. The molecule has 0 saturated heterocycles. The largest absolute Gasteiger partial charge is 0.380 e. The van der Waals surface area contributed by atoms with Crippen molar-refractivity contribution in [1.82, 2.24) is 4.90 Å². The minimum absolute atomic E-state index is 0.123. The van der Waals surface area contributed by atoms with Crippen molar-refractivity contribution in [2.75, 3.05) is 26.8 Å². The Morgan fingerprint density at radius 1 is 1.50 bits per heavy atom. The lowest BCUT2D eigenvalue weighted by Gasteiger charge is -2.31. The minimum Gasteiger partial charge on any atom is -0.380 e. The van der Waals surface area contributed by atoms with E-state index in [1.54, 1.807) is 11.3 Å². The Morgan fingerprint density at radius 3 is 2.80 bits per heavy atom. The first kappa shape index (κ1) is 16.2. The highest BCUT2D eigenvalue weighted by Gasteiger charge is 2.25. The maximum atomic E-state index is 6.30. The Morgan fingerprint density at radius 2 is 2.25 bits per heavy atom. The van der Waals surface area contributed by atoms with Gasteiger partial charge in [-0.3, -0.25) is 4.90 Å². The Bertz CT molecular complexity index is 408. The van der Waals surface area contributed by atoms with E-state index in [9.17, 15) is 0 Å². The van der Waals surface area contributed by atoms with E-state index in [4.69, 9.17) is 22.1 Å². The van der Waals surface area contributed by atoms with Crippen LogP contribution in [0.2, 0.25) is 4.34 Å². The standard InChI is InChI=1S/C15H25ClN2OS/c1-3-12(17)15(13-6-7-14(16)20-13)18(2)8-9-19-10-11-4-5-11/h6-7,11-12,15H,3-5,8-10,17H2,1-2H3. The van der Waals surface area contributed by atoms with Gasteiger partial charge in [-0.1, -0.05) is 18.5 Å². The molecule has 2 N–H and O–H groups in total. The van der Waals surface area contributed by atoms with E-state index in [0.29, 0.717) is 0 Å². The summed E-state index contributed by atoms with van der Waals surface area (Å²) in [5.74, 6) is 0.824. The molecule has 1 aromatic rings. The second kappa shape index (κ2) is 7.76. The van der Waals surface area contributed by atoms with Gasteiger partial charge in [0.2, 0.25) is 0 Å². The first-order valence-corrected chi connectivity index (χ1v) is 8.60. The molecule has 1 fully saturated rings. The van der Waals surface area contributed by atoms with E-state index in [-0.39, 0.29) is 12.1 Å². The van der Waals surface area contributed by atoms with Crippen LogP contribution in [0.1, 0.15) is 37.1 Å². The third-order valence-corrected chi connectivity index (χ3v) is 5.18. The molecule has 5 heteroatoms. The van der Waals surface area contributed by atoms with Crippen LogP contribution >= 0.6 is 22.9 Å². The zero-order valence-electron chi connectivity index (χ0n) is 12.3.